The molecule has 0 aliphatic carbocycles. The van der Waals surface area contributed by atoms with Gasteiger partial charge in [0.15, 0.2) is 0 Å². The van der Waals surface area contributed by atoms with Gasteiger partial charge in [0.25, 0.3) is 0 Å². The molecule has 1 unspecified atom stereocenters. The van der Waals surface area contributed by atoms with E-state index < -0.39 is 5.66 Å². The lowest BCUT2D eigenvalue weighted by Gasteiger charge is -2.37. The summed E-state index contributed by atoms with van der Waals surface area (Å²) in [6, 6.07) is 7.37. The molecule has 146 valence electrons. The predicted octanol–water partition coefficient (Wildman–Crippen LogP) is 1.70. The minimum Gasteiger partial charge on any atom is -0.508 e. The first kappa shape index (κ1) is 19.5. The van der Waals surface area contributed by atoms with Crippen LogP contribution in [0, 0.1) is 5.92 Å². The molecular formula is C21H30N4O2. The van der Waals surface area contributed by atoms with Gasteiger partial charge in [-0.1, -0.05) is 18.2 Å². The van der Waals surface area contributed by atoms with E-state index in [-0.39, 0.29) is 11.7 Å². The maximum absolute atomic E-state index is 11.3. The molecule has 2 aliphatic heterocycles. The fourth-order valence-electron chi connectivity index (χ4n) is 3.79. The molecule has 2 aliphatic rings. The summed E-state index contributed by atoms with van der Waals surface area (Å²) in [5.41, 5.74) is 1.07. The highest BCUT2D eigenvalue weighted by atomic mass is 16.3. The average Bonchev–Trinajstić information content (AvgIpc) is 2.68. The van der Waals surface area contributed by atoms with Gasteiger partial charge in [-0.05, 0) is 74.8 Å². The van der Waals surface area contributed by atoms with Gasteiger partial charge in [0.2, 0.25) is 5.91 Å². The van der Waals surface area contributed by atoms with Gasteiger partial charge < -0.3 is 21.1 Å². The quantitative estimate of drug-likeness (QED) is 0.505. The number of piperidine rings is 1. The van der Waals surface area contributed by atoms with Crippen molar-refractivity contribution in [2.45, 2.75) is 31.8 Å². The van der Waals surface area contributed by atoms with E-state index in [1.165, 1.54) is 19.8 Å². The number of hydrogen-bond acceptors (Lipinski definition) is 5. The lowest BCUT2D eigenvalue weighted by Crippen LogP contribution is -2.52. The fraction of sp³-hybridized carbons (Fsp3) is 0.476. The summed E-state index contributed by atoms with van der Waals surface area (Å²) in [6.07, 6.45) is 9.39. The Bertz CT molecular complexity index is 710. The maximum Gasteiger partial charge on any atom is 0.217 e. The van der Waals surface area contributed by atoms with Gasteiger partial charge in [0.05, 0.1) is 0 Å². The number of phenolic OH excluding ortho intramolecular Hbond substituents is 1. The monoisotopic (exact) mass is 370 g/mol. The Morgan fingerprint density at radius 2 is 2.07 bits per heavy atom. The molecule has 6 heteroatoms. The number of carbonyl (C=O) groups excluding carboxylic acids is 1. The van der Waals surface area contributed by atoms with Crippen molar-refractivity contribution in [3.63, 3.8) is 0 Å². The van der Waals surface area contributed by atoms with Crippen LogP contribution in [0.3, 0.4) is 0 Å². The van der Waals surface area contributed by atoms with Gasteiger partial charge in [-0.2, -0.15) is 0 Å². The van der Waals surface area contributed by atoms with Crippen molar-refractivity contribution >= 4 is 5.91 Å². The number of amides is 1. The van der Waals surface area contributed by atoms with Crippen molar-refractivity contribution in [3.05, 3.63) is 53.8 Å². The minimum atomic E-state index is -0.694. The molecule has 27 heavy (non-hydrogen) atoms. The normalized spacial score (nSPS) is 22.8. The van der Waals surface area contributed by atoms with Crippen LogP contribution in [-0.2, 0) is 10.5 Å². The summed E-state index contributed by atoms with van der Waals surface area (Å²) in [7, 11) is 0. The van der Waals surface area contributed by atoms with Gasteiger partial charge in [0, 0.05) is 19.0 Å². The molecule has 3 rings (SSSR count). The molecule has 0 aromatic heterocycles. The zero-order chi connectivity index (χ0) is 19.1. The smallest absolute Gasteiger partial charge is 0.217 e. The number of nitrogens with one attached hydrogen (secondary N) is 4. The summed E-state index contributed by atoms with van der Waals surface area (Å²) in [5.74, 6) is 0.904. The van der Waals surface area contributed by atoms with Gasteiger partial charge in [-0.3, -0.25) is 10.1 Å². The summed E-state index contributed by atoms with van der Waals surface area (Å²) < 4.78 is 0. The van der Waals surface area contributed by atoms with Crippen LogP contribution in [0.15, 0.2) is 48.2 Å². The van der Waals surface area contributed by atoms with Gasteiger partial charge in [-0.15, -0.1) is 0 Å². The third-order valence-electron chi connectivity index (χ3n) is 5.30. The molecule has 0 saturated carbocycles. The van der Waals surface area contributed by atoms with E-state index >= 15 is 0 Å². The maximum atomic E-state index is 11.3. The number of phenols is 1. The Morgan fingerprint density at radius 1 is 1.30 bits per heavy atom. The standard InChI is InChI=1S/C21H30N4O2/c1-16(26)23-15-18-9-13-25-21(14-18,19-4-2-3-5-20(19)27)24-12-8-17-6-10-22-11-7-17/h2-5,9,13-14,17,22,24-25,27H,6-8,10-12,15H2,1H3,(H,23,26). The number of dihydropyridines is 1. The Balaban J connectivity index is 1.77. The predicted molar refractivity (Wildman–Crippen MR) is 107 cm³/mol. The van der Waals surface area contributed by atoms with Crippen molar-refractivity contribution in [1.82, 2.24) is 21.3 Å². The highest BCUT2D eigenvalue weighted by molar-refractivity contribution is 5.73. The van der Waals surface area contributed by atoms with Crippen LogP contribution in [-0.4, -0.2) is 37.2 Å². The van der Waals surface area contributed by atoms with Crippen LogP contribution in [0.5, 0.6) is 5.75 Å². The Morgan fingerprint density at radius 3 is 2.81 bits per heavy atom. The van der Waals surface area contributed by atoms with E-state index in [1.54, 1.807) is 6.07 Å². The minimum absolute atomic E-state index is 0.0603. The fourth-order valence-corrected chi connectivity index (χ4v) is 3.79. The molecule has 1 aromatic carbocycles. The largest absolute Gasteiger partial charge is 0.508 e. The zero-order valence-corrected chi connectivity index (χ0v) is 15.9. The van der Waals surface area contributed by atoms with Crippen molar-refractivity contribution in [2.24, 2.45) is 5.92 Å². The molecule has 1 fully saturated rings. The molecular weight excluding hydrogens is 340 g/mol. The van der Waals surface area contributed by atoms with Gasteiger partial charge >= 0.3 is 0 Å². The lowest BCUT2D eigenvalue weighted by molar-refractivity contribution is -0.118. The number of benzene rings is 1. The molecule has 2 heterocycles. The number of carbonyl (C=O) groups is 1. The summed E-state index contributed by atoms with van der Waals surface area (Å²) >= 11 is 0. The van der Waals surface area contributed by atoms with Crippen LogP contribution in [0.2, 0.25) is 0 Å². The number of hydrogen-bond donors (Lipinski definition) is 5. The topological polar surface area (TPSA) is 85.4 Å². The third kappa shape index (κ3) is 5.11. The highest BCUT2D eigenvalue weighted by Gasteiger charge is 2.33. The number of para-hydroxylation sites is 1. The molecule has 1 atom stereocenters. The van der Waals surface area contributed by atoms with Crippen LogP contribution in [0.4, 0.5) is 0 Å². The van der Waals surface area contributed by atoms with E-state index in [2.05, 4.69) is 27.3 Å². The van der Waals surface area contributed by atoms with Crippen molar-refractivity contribution in [3.8, 4) is 5.75 Å². The molecule has 1 saturated heterocycles. The van der Waals surface area contributed by atoms with Crippen molar-refractivity contribution in [2.75, 3.05) is 26.2 Å². The van der Waals surface area contributed by atoms with Crippen LogP contribution in [0.1, 0.15) is 31.7 Å². The average molecular weight is 370 g/mol. The summed E-state index contributed by atoms with van der Waals surface area (Å²) in [6.45, 7) is 5.00. The second-order valence-corrected chi connectivity index (χ2v) is 7.34. The Kier molecular flexibility index (Phi) is 6.53. The van der Waals surface area contributed by atoms with E-state index in [0.717, 1.165) is 43.1 Å². The second-order valence-electron chi connectivity index (χ2n) is 7.34. The molecule has 5 N–H and O–H groups in total. The van der Waals surface area contributed by atoms with E-state index in [0.29, 0.717) is 6.54 Å². The van der Waals surface area contributed by atoms with Gasteiger partial charge in [-0.25, -0.2) is 0 Å². The van der Waals surface area contributed by atoms with Crippen molar-refractivity contribution in [1.29, 1.82) is 0 Å². The number of aromatic hydroxyl groups is 1. The number of rotatable bonds is 7. The molecule has 6 nitrogen and oxygen atoms in total. The van der Waals surface area contributed by atoms with Gasteiger partial charge in [0.1, 0.15) is 11.4 Å². The molecule has 0 spiro atoms. The molecule has 0 bridgehead atoms. The molecule has 0 radical (unpaired) electrons. The molecule has 1 aromatic rings. The molecule has 1 amide bonds. The van der Waals surface area contributed by atoms with E-state index in [4.69, 9.17) is 0 Å². The third-order valence-corrected chi connectivity index (χ3v) is 5.30. The SMILES string of the molecule is CC(=O)NCC1=CC(NCCC2CCNCC2)(c2ccccc2O)NC=C1. The Hall–Kier alpha value is -2.31. The summed E-state index contributed by atoms with van der Waals surface area (Å²) in [5, 5.41) is 23.7. The van der Waals surface area contributed by atoms with E-state index in [9.17, 15) is 9.90 Å². The van der Waals surface area contributed by atoms with E-state index in [1.807, 2.05) is 30.5 Å². The van der Waals surface area contributed by atoms with Crippen molar-refractivity contribution < 1.29 is 9.90 Å². The Labute approximate surface area is 161 Å². The first-order chi connectivity index (χ1) is 13.1. The van der Waals surface area contributed by atoms with Crippen LogP contribution in [0.25, 0.3) is 0 Å². The summed E-state index contributed by atoms with van der Waals surface area (Å²) in [4.78, 5) is 11.3. The first-order valence-electron chi connectivity index (χ1n) is 9.74. The first-order valence-corrected chi connectivity index (χ1v) is 9.74. The lowest BCUT2D eigenvalue weighted by atomic mass is 9.91. The second kappa shape index (κ2) is 9.06. The van der Waals surface area contributed by atoms with Crippen LogP contribution < -0.4 is 21.3 Å². The zero-order valence-electron chi connectivity index (χ0n) is 15.9. The van der Waals surface area contributed by atoms with Crippen LogP contribution >= 0.6 is 0 Å². The highest BCUT2D eigenvalue weighted by Crippen LogP contribution is 2.31.